The average Bonchev–Trinajstić information content (AvgIpc) is 3.18. The van der Waals surface area contributed by atoms with Crippen LogP contribution < -0.4 is 0 Å². The summed E-state index contributed by atoms with van der Waals surface area (Å²) in [5.41, 5.74) is 4.38. The highest BCUT2D eigenvalue weighted by Crippen LogP contribution is 2.37. The SMILES string of the molecule is Cc1c(/C=C2/SC(=NC(C)C)N(C(C)C)C2=O)c2ccccc2n1Cc1ccccc1Cl. The molecule has 166 valence electrons. The number of carbonyl (C=O) groups excluding carboxylic acids is 1. The van der Waals surface area contributed by atoms with E-state index >= 15 is 0 Å². The Morgan fingerprint density at radius 2 is 1.75 bits per heavy atom. The van der Waals surface area contributed by atoms with E-state index in [1.165, 1.54) is 11.8 Å². The Balaban J connectivity index is 1.82. The number of thioether (sulfide) groups is 1. The summed E-state index contributed by atoms with van der Waals surface area (Å²) < 4.78 is 2.27. The maximum Gasteiger partial charge on any atom is 0.266 e. The van der Waals surface area contributed by atoms with Gasteiger partial charge < -0.3 is 4.57 Å². The normalized spacial score (nSPS) is 17.1. The minimum atomic E-state index is 0.0201. The zero-order valence-corrected chi connectivity index (χ0v) is 20.7. The summed E-state index contributed by atoms with van der Waals surface area (Å²) in [4.78, 5) is 20.5. The summed E-state index contributed by atoms with van der Waals surface area (Å²) in [6.45, 7) is 10.9. The molecular formula is C26H28ClN3OS. The van der Waals surface area contributed by atoms with Gasteiger partial charge in [-0.2, -0.15) is 0 Å². The molecule has 3 aromatic rings. The minimum absolute atomic E-state index is 0.0201. The Morgan fingerprint density at radius 3 is 2.44 bits per heavy atom. The largest absolute Gasteiger partial charge is 0.340 e. The number of hydrogen-bond donors (Lipinski definition) is 0. The Kier molecular flexibility index (Phi) is 6.50. The Bertz CT molecular complexity index is 1240. The van der Waals surface area contributed by atoms with E-state index in [0.29, 0.717) is 11.4 Å². The van der Waals surface area contributed by atoms with E-state index in [9.17, 15) is 4.79 Å². The third kappa shape index (κ3) is 4.24. The van der Waals surface area contributed by atoms with Crippen LogP contribution in [0.25, 0.3) is 17.0 Å². The van der Waals surface area contributed by atoms with E-state index in [-0.39, 0.29) is 18.0 Å². The van der Waals surface area contributed by atoms with Crippen molar-refractivity contribution in [1.82, 2.24) is 9.47 Å². The molecule has 32 heavy (non-hydrogen) atoms. The minimum Gasteiger partial charge on any atom is -0.340 e. The quantitative estimate of drug-likeness (QED) is 0.391. The van der Waals surface area contributed by atoms with Gasteiger partial charge >= 0.3 is 0 Å². The number of aromatic nitrogens is 1. The van der Waals surface area contributed by atoms with Crippen molar-refractivity contribution in [2.45, 2.75) is 53.2 Å². The first-order valence-electron chi connectivity index (χ1n) is 10.9. The maximum atomic E-state index is 13.3. The molecule has 0 spiro atoms. The number of amidine groups is 1. The molecule has 2 heterocycles. The van der Waals surface area contributed by atoms with E-state index in [1.807, 2.05) is 64.1 Å². The zero-order chi connectivity index (χ0) is 23.0. The van der Waals surface area contributed by atoms with Crippen LogP contribution in [0.1, 0.15) is 44.5 Å². The predicted octanol–water partition coefficient (Wildman–Crippen LogP) is 6.74. The molecule has 0 saturated carbocycles. The Hall–Kier alpha value is -2.50. The van der Waals surface area contributed by atoms with Gasteiger partial charge in [0.05, 0.1) is 4.91 Å². The summed E-state index contributed by atoms with van der Waals surface area (Å²) in [5, 5.41) is 2.67. The number of hydrogen-bond acceptors (Lipinski definition) is 3. The fourth-order valence-corrected chi connectivity index (χ4v) is 5.43. The van der Waals surface area contributed by atoms with Crippen molar-refractivity contribution in [2.24, 2.45) is 4.99 Å². The highest BCUT2D eigenvalue weighted by Gasteiger charge is 2.35. The lowest BCUT2D eigenvalue weighted by atomic mass is 10.1. The molecule has 4 rings (SSSR count). The third-order valence-corrected chi connectivity index (χ3v) is 6.93. The topological polar surface area (TPSA) is 37.6 Å². The van der Waals surface area contributed by atoms with Gasteiger partial charge in [-0.3, -0.25) is 14.7 Å². The lowest BCUT2D eigenvalue weighted by molar-refractivity contribution is -0.123. The smallest absolute Gasteiger partial charge is 0.266 e. The molecule has 0 bridgehead atoms. The third-order valence-electron chi connectivity index (χ3n) is 5.56. The molecule has 4 nitrogen and oxygen atoms in total. The molecule has 0 unspecified atom stereocenters. The molecule has 6 heteroatoms. The van der Waals surface area contributed by atoms with Gasteiger partial charge in [0.25, 0.3) is 5.91 Å². The second-order valence-corrected chi connectivity index (χ2v) is 10.00. The first kappa shape index (κ1) is 22.7. The van der Waals surface area contributed by atoms with Crippen LogP contribution in [0.3, 0.4) is 0 Å². The van der Waals surface area contributed by atoms with Gasteiger partial charge in [-0.05, 0) is 70.2 Å². The zero-order valence-electron chi connectivity index (χ0n) is 19.1. The highest BCUT2D eigenvalue weighted by atomic mass is 35.5. The van der Waals surface area contributed by atoms with Gasteiger partial charge in [0.1, 0.15) is 0 Å². The molecule has 0 atom stereocenters. The molecule has 2 aromatic carbocycles. The van der Waals surface area contributed by atoms with Gasteiger partial charge in [-0.15, -0.1) is 0 Å². The second-order valence-electron chi connectivity index (χ2n) is 8.58. The van der Waals surface area contributed by atoms with Gasteiger partial charge in [-0.1, -0.05) is 48.0 Å². The molecular weight excluding hydrogens is 438 g/mol. The molecule has 1 saturated heterocycles. The first-order chi connectivity index (χ1) is 15.3. The number of rotatable bonds is 5. The van der Waals surface area contributed by atoms with E-state index in [2.05, 4.69) is 29.7 Å². The summed E-state index contributed by atoms with van der Waals surface area (Å²) in [7, 11) is 0. The Morgan fingerprint density at radius 1 is 1.06 bits per heavy atom. The van der Waals surface area contributed by atoms with Crippen molar-refractivity contribution in [3.63, 3.8) is 0 Å². The van der Waals surface area contributed by atoms with E-state index in [1.54, 1.807) is 4.90 Å². The molecule has 1 amide bonds. The summed E-state index contributed by atoms with van der Waals surface area (Å²) in [5.74, 6) is 0.0201. The fourth-order valence-electron chi connectivity index (χ4n) is 4.02. The lowest BCUT2D eigenvalue weighted by Crippen LogP contribution is -2.35. The molecule has 1 aliphatic heterocycles. The molecule has 1 fully saturated rings. The summed E-state index contributed by atoms with van der Waals surface area (Å²) in [6, 6.07) is 16.4. The number of para-hydroxylation sites is 1. The van der Waals surface area contributed by atoms with Crippen molar-refractivity contribution in [3.8, 4) is 0 Å². The standard InChI is InChI=1S/C26H28ClN3OS/c1-16(2)28-26-30(17(3)4)25(31)24(32-26)14-21-18(5)29(23-13-9-7-11-20(21)23)15-19-10-6-8-12-22(19)27/h6-14,16-17H,15H2,1-5H3/b24-14+,28-26?. The van der Waals surface area contributed by atoms with Gasteiger partial charge in [0.15, 0.2) is 5.17 Å². The van der Waals surface area contributed by atoms with Crippen LogP contribution >= 0.6 is 23.4 Å². The molecule has 1 aromatic heterocycles. The number of benzene rings is 2. The van der Waals surface area contributed by atoms with E-state index in [4.69, 9.17) is 16.6 Å². The number of fused-ring (bicyclic) bond motifs is 1. The summed E-state index contributed by atoms with van der Waals surface area (Å²) in [6.07, 6.45) is 2.03. The number of nitrogens with zero attached hydrogens (tertiary/aromatic N) is 3. The average molecular weight is 466 g/mol. The Labute approximate surface area is 199 Å². The van der Waals surface area contributed by atoms with Gasteiger partial charge in [-0.25, -0.2) is 0 Å². The second kappa shape index (κ2) is 9.16. The lowest BCUT2D eigenvalue weighted by Gasteiger charge is -2.20. The number of halogens is 1. The number of carbonyl (C=O) groups is 1. The highest BCUT2D eigenvalue weighted by molar-refractivity contribution is 8.18. The van der Waals surface area contributed by atoms with Crippen LogP contribution in [0, 0.1) is 6.92 Å². The van der Waals surface area contributed by atoms with Gasteiger partial charge in [0.2, 0.25) is 0 Å². The van der Waals surface area contributed by atoms with Crippen molar-refractivity contribution in [1.29, 1.82) is 0 Å². The van der Waals surface area contributed by atoms with Gasteiger partial charge in [0, 0.05) is 45.8 Å². The van der Waals surface area contributed by atoms with Crippen molar-refractivity contribution >= 4 is 51.4 Å². The first-order valence-corrected chi connectivity index (χ1v) is 12.1. The van der Waals surface area contributed by atoms with E-state index < -0.39 is 0 Å². The van der Waals surface area contributed by atoms with Crippen LogP contribution in [-0.4, -0.2) is 32.6 Å². The predicted molar refractivity (Wildman–Crippen MR) is 137 cm³/mol. The molecule has 0 aliphatic carbocycles. The van der Waals surface area contributed by atoms with Crippen LogP contribution in [0.2, 0.25) is 5.02 Å². The molecule has 0 radical (unpaired) electrons. The van der Waals surface area contributed by atoms with Crippen molar-refractivity contribution in [3.05, 3.63) is 75.3 Å². The molecule has 0 N–H and O–H groups in total. The van der Waals surface area contributed by atoms with Crippen LogP contribution in [0.4, 0.5) is 0 Å². The maximum absolute atomic E-state index is 13.3. The van der Waals surface area contributed by atoms with Crippen LogP contribution in [0.5, 0.6) is 0 Å². The van der Waals surface area contributed by atoms with E-state index in [0.717, 1.165) is 37.9 Å². The monoisotopic (exact) mass is 465 g/mol. The van der Waals surface area contributed by atoms with Crippen molar-refractivity contribution < 1.29 is 4.79 Å². The summed E-state index contributed by atoms with van der Waals surface area (Å²) >= 11 is 7.92. The number of amides is 1. The van der Waals surface area contributed by atoms with Crippen LogP contribution in [0.15, 0.2) is 58.4 Å². The number of aliphatic imine (C=N–C) groups is 1. The molecule has 1 aliphatic rings. The fraction of sp³-hybridized carbons (Fsp3) is 0.308. The van der Waals surface area contributed by atoms with Crippen molar-refractivity contribution in [2.75, 3.05) is 0 Å². The van der Waals surface area contributed by atoms with Crippen LogP contribution in [-0.2, 0) is 11.3 Å².